The van der Waals surface area contributed by atoms with Gasteiger partial charge in [0.05, 0.1) is 12.3 Å². The zero-order valence-corrected chi connectivity index (χ0v) is 25.1. The SMILES string of the molecule is CCOC(=O)CCc1cccc(CC2CCN=C(c3ccc(CNC(=O)CCCC4CCCCC4)cc3)/C=C\C2=O)c1. The molecule has 1 saturated carbocycles. The monoisotopic (exact) mass is 570 g/mol. The maximum atomic E-state index is 13.0. The molecule has 1 aliphatic heterocycles. The summed E-state index contributed by atoms with van der Waals surface area (Å²) in [7, 11) is 0. The second-order valence-corrected chi connectivity index (χ2v) is 11.7. The average molecular weight is 571 g/mol. The lowest BCUT2D eigenvalue weighted by Crippen LogP contribution is -2.22. The van der Waals surface area contributed by atoms with Gasteiger partial charge >= 0.3 is 5.97 Å². The molecule has 0 spiro atoms. The summed E-state index contributed by atoms with van der Waals surface area (Å²) in [5, 5.41) is 3.06. The second-order valence-electron chi connectivity index (χ2n) is 11.7. The molecule has 1 N–H and O–H groups in total. The van der Waals surface area contributed by atoms with E-state index in [1.54, 1.807) is 6.08 Å². The van der Waals surface area contributed by atoms with E-state index in [4.69, 9.17) is 9.73 Å². The molecule has 1 amide bonds. The Kier molecular flexibility index (Phi) is 12.6. The number of amides is 1. The Labute approximate surface area is 251 Å². The molecule has 1 fully saturated rings. The van der Waals surface area contributed by atoms with E-state index in [1.807, 2.05) is 55.5 Å². The Bertz CT molecular complexity index is 1240. The molecular formula is C36H46N2O4. The van der Waals surface area contributed by atoms with Crippen LogP contribution in [0.2, 0.25) is 0 Å². The van der Waals surface area contributed by atoms with Crippen LogP contribution in [0.4, 0.5) is 0 Å². The number of nitrogens with one attached hydrogen (secondary N) is 1. The van der Waals surface area contributed by atoms with E-state index < -0.39 is 0 Å². The fourth-order valence-electron chi connectivity index (χ4n) is 6.01. The number of aryl methyl sites for hydroxylation is 1. The van der Waals surface area contributed by atoms with Gasteiger partial charge in [-0.1, -0.05) is 80.6 Å². The van der Waals surface area contributed by atoms with Gasteiger partial charge in [0.15, 0.2) is 5.78 Å². The quantitative estimate of drug-likeness (QED) is 0.271. The van der Waals surface area contributed by atoms with Gasteiger partial charge in [-0.3, -0.25) is 19.4 Å². The maximum Gasteiger partial charge on any atom is 0.306 e. The van der Waals surface area contributed by atoms with Crippen molar-refractivity contribution in [1.29, 1.82) is 0 Å². The standard InChI is InChI=1S/C36H46N2O4/c1-2-42-36(41)21-16-28-11-6-12-30(24-28)25-32-22-23-37-33(19-20-34(32)39)31-17-14-29(15-18-31)26-38-35(40)13-7-10-27-8-4-3-5-9-27/h6,11-12,14-15,17-20,24,27,32H,2-5,7-10,13,16,21-23,25-26H2,1H3,(H,38,40)/b20-19-,37-33?. The van der Waals surface area contributed by atoms with Gasteiger partial charge in [0.1, 0.15) is 0 Å². The van der Waals surface area contributed by atoms with Gasteiger partial charge < -0.3 is 10.1 Å². The van der Waals surface area contributed by atoms with Crippen molar-refractivity contribution in [3.8, 4) is 0 Å². The van der Waals surface area contributed by atoms with E-state index in [0.717, 1.165) is 40.3 Å². The van der Waals surface area contributed by atoms with Gasteiger partial charge in [0.2, 0.25) is 5.91 Å². The molecule has 1 aliphatic carbocycles. The van der Waals surface area contributed by atoms with Gasteiger partial charge in [-0.15, -0.1) is 0 Å². The third kappa shape index (κ3) is 10.4. The van der Waals surface area contributed by atoms with Crippen LogP contribution >= 0.6 is 0 Å². The number of ketones is 1. The van der Waals surface area contributed by atoms with Crippen molar-refractivity contribution in [3.63, 3.8) is 0 Å². The number of nitrogens with zero attached hydrogens (tertiary/aromatic N) is 1. The molecule has 2 aromatic carbocycles. The molecule has 0 aromatic heterocycles. The summed E-state index contributed by atoms with van der Waals surface area (Å²) in [6, 6.07) is 16.2. The molecule has 0 saturated heterocycles. The Morgan fingerprint density at radius 2 is 1.71 bits per heavy atom. The predicted octanol–water partition coefficient (Wildman–Crippen LogP) is 6.73. The number of carbonyl (C=O) groups is 3. The average Bonchev–Trinajstić information content (AvgIpc) is 3.00. The third-order valence-corrected chi connectivity index (χ3v) is 8.44. The van der Waals surface area contributed by atoms with Crippen LogP contribution < -0.4 is 5.32 Å². The maximum absolute atomic E-state index is 13.0. The third-order valence-electron chi connectivity index (χ3n) is 8.44. The Balaban J connectivity index is 1.22. The molecule has 1 heterocycles. The largest absolute Gasteiger partial charge is 0.466 e. The van der Waals surface area contributed by atoms with Crippen molar-refractivity contribution in [2.75, 3.05) is 13.2 Å². The van der Waals surface area contributed by atoms with E-state index in [1.165, 1.54) is 38.5 Å². The van der Waals surface area contributed by atoms with E-state index in [0.29, 0.717) is 51.8 Å². The highest BCUT2D eigenvalue weighted by molar-refractivity contribution is 6.12. The highest BCUT2D eigenvalue weighted by Crippen LogP contribution is 2.27. The van der Waals surface area contributed by atoms with E-state index in [-0.39, 0.29) is 23.6 Å². The van der Waals surface area contributed by atoms with Crippen LogP contribution in [0.3, 0.4) is 0 Å². The molecule has 1 atom stereocenters. The summed E-state index contributed by atoms with van der Waals surface area (Å²) in [5.74, 6) is 0.743. The number of carbonyl (C=O) groups excluding carboxylic acids is 3. The Morgan fingerprint density at radius 1 is 0.929 bits per heavy atom. The van der Waals surface area contributed by atoms with Crippen LogP contribution in [0, 0.1) is 11.8 Å². The summed E-state index contributed by atoms with van der Waals surface area (Å²) in [5.41, 5.74) is 5.00. The van der Waals surface area contributed by atoms with Gasteiger partial charge in [0, 0.05) is 31.8 Å². The first-order valence-electron chi connectivity index (χ1n) is 15.9. The molecular weight excluding hydrogens is 524 g/mol. The van der Waals surface area contributed by atoms with E-state index in [2.05, 4.69) is 11.4 Å². The highest BCUT2D eigenvalue weighted by atomic mass is 16.5. The van der Waals surface area contributed by atoms with Gasteiger partial charge in [-0.05, 0) is 79.4 Å². The fourth-order valence-corrected chi connectivity index (χ4v) is 6.01. The van der Waals surface area contributed by atoms with Crippen molar-refractivity contribution >= 4 is 23.4 Å². The Hall–Kier alpha value is -3.54. The van der Waals surface area contributed by atoms with E-state index >= 15 is 0 Å². The number of ether oxygens (including phenoxy) is 1. The zero-order chi connectivity index (χ0) is 29.6. The Morgan fingerprint density at radius 3 is 2.50 bits per heavy atom. The summed E-state index contributed by atoms with van der Waals surface area (Å²) in [6.07, 6.45) is 15.3. The number of allylic oxidation sites excluding steroid dienone is 2. The number of benzene rings is 2. The summed E-state index contributed by atoms with van der Waals surface area (Å²) in [4.78, 5) is 41.9. The highest BCUT2D eigenvalue weighted by Gasteiger charge is 2.19. The van der Waals surface area contributed by atoms with Crippen LogP contribution in [0.5, 0.6) is 0 Å². The van der Waals surface area contributed by atoms with Crippen LogP contribution in [0.25, 0.3) is 0 Å². The van der Waals surface area contributed by atoms with Crippen LogP contribution in [-0.4, -0.2) is 36.5 Å². The van der Waals surface area contributed by atoms with Crippen molar-refractivity contribution in [3.05, 3.63) is 82.9 Å². The van der Waals surface area contributed by atoms with E-state index in [9.17, 15) is 14.4 Å². The van der Waals surface area contributed by atoms with Gasteiger partial charge in [0.25, 0.3) is 0 Å². The smallest absolute Gasteiger partial charge is 0.306 e. The molecule has 6 nitrogen and oxygen atoms in total. The molecule has 0 bridgehead atoms. The van der Waals surface area contributed by atoms with Crippen molar-refractivity contribution in [2.45, 2.75) is 90.5 Å². The lowest BCUT2D eigenvalue weighted by Gasteiger charge is -2.21. The minimum atomic E-state index is -0.187. The molecule has 4 rings (SSSR count). The van der Waals surface area contributed by atoms with Crippen LogP contribution in [0.1, 0.15) is 93.4 Å². The predicted molar refractivity (Wildman–Crippen MR) is 167 cm³/mol. The zero-order valence-electron chi connectivity index (χ0n) is 25.1. The molecule has 42 heavy (non-hydrogen) atoms. The second kappa shape index (κ2) is 16.8. The number of aliphatic imine (C=N–C) groups is 1. The minimum absolute atomic E-state index is 0.113. The number of esters is 1. The van der Waals surface area contributed by atoms with Crippen molar-refractivity contribution in [2.24, 2.45) is 16.8 Å². The lowest BCUT2D eigenvalue weighted by atomic mass is 9.86. The first-order valence-corrected chi connectivity index (χ1v) is 15.9. The minimum Gasteiger partial charge on any atom is -0.466 e. The van der Waals surface area contributed by atoms with Crippen LogP contribution in [-0.2, 0) is 38.5 Å². The van der Waals surface area contributed by atoms with Crippen molar-refractivity contribution in [1.82, 2.24) is 5.32 Å². The summed E-state index contributed by atoms with van der Waals surface area (Å²) < 4.78 is 5.03. The van der Waals surface area contributed by atoms with Crippen molar-refractivity contribution < 1.29 is 19.1 Å². The fraction of sp³-hybridized carbons (Fsp3) is 0.500. The molecule has 6 heteroatoms. The molecule has 224 valence electrons. The molecule has 2 aromatic rings. The number of rotatable bonds is 13. The molecule has 2 aliphatic rings. The molecule has 0 radical (unpaired) electrons. The first-order chi connectivity index (χ1) is 20.5. The first kappa shape index (κ1) is 31.4. The summed E-state index contributed by atoms with van der Waals surface area (Å²) in [6.45, 7) is 3.31. The topological polar surface area (TPSA) is 84.8 Å². The van der Waals surface area contributed by atoms with Crippen LogP contribution in [0.15, 0.2) is 65.7 Å². The lowest BCUT2D eigenvalue weighted by molar-refractivity contribution is -0.143. The molecule has 1 unspecified atom stereocenters. The van der Waals surface area contributed by atoms with Gasteiger partial charge in [-0.2, -0.15) is 0 Å². The number of hydrogen-bond acceptors (Lipinski definition) is 5. The van der Waals surface area contributed by atoms with Gasteiger partial charge in [-0.25, -0.2) is 0 Å². The normalized spacial score (nSPS) is 18.5. The number of hydrogen-bond donors (Lipinski definition) is 1. The summed E-state index contributed by atoms with van der Waals surface area (Å²) >= 11 is 0.